The summed E-state index contributed by atoms with van der Waals surface area (Å²) in [6.07, 6.45) is 0. The molecule has 0 bridgehead atoms. The van der Waals surface area contributed by atoms with E-state index >= 15 is 0 Å². The van der Waals surface area contributed by atoms with Crippen LogP contribution in [0.4, 0.5) is 5.69 Å². The molecular formula is C12H8BrN3O2. The largest absolute Gasteiger partial charge is 0.455 e. The van der Waals surface area contributed by atoms with Crippen molar-refractivity contribution in [2.45, 2.75) is 0 Å². The number of hydrogen-bond acceptors (Lipinski definition) is 5. The van der Waals surface area contributed by atoms with E-state index in [1.54, 1.807) is 12.1 Å². The van der Waals surface area contributed by atoms with Gasteiger partial charge in [0.15, 0.2) is 16.8 Å². The molecule has 0 radical (unpaired) electrons. The quantitative estimate of drug-likeness (QED) is 0.735. The van der Waals surface area contributed by atoms with E-state index < -0.39 is 0 Å². The molecule has 0 spiro atoms. The number of nitrogen functional groups attached to an aromatic ring is 1. The van der Waals surface area contributed by atoms with Crippen LogP contribution >= 0.6 is 15.9 Å². The minimum absolute atomic E-state index is 0.502. The second kappa shape index (κ2) is 4.30. The van der Waals surface area contributed by atoms with E-state index in [0.29, 0.717) is 28.2 Å². The van der Waals surface area contributed by atoms with Crippen molar-refractivity contribution in [3.63, 3.8) is 0 Å². The maximum Gasteiger partial charge on any atom is 0.179 e. The molecule has 0 fully saturated rings. The number of ether oxygens (including phenoxy) is 1. The maximum atomic E-state index is 5.76. The molecule has 0 aliphatic heterocycles. The summed E-state index contributed by atoms with van der Waals surface area (Å²) in [5.41, 5.74) is 7.28. The number of nitrogens with zero attached hydrogens (tertiary/aromatic N) is 2. The van der Waals surface area contributed by atoms with Crippen LogP contribution in [0, 0.1) is 0 Å². The minimum Gasteiger partial charge on any atom is -0.455 e. The van der Waals surface area contributed by atoms with Gasteiger partial charge < -0.3 is 10.5 Å². The number of rotatable bonds is 2. The summed E-state index contributed by atoms with van der Waals surface area (Å²) in [6, 6.07) is 11.0. The lowest BCUT2D eigenvalue weighted by Gasteiger charge is -2.06. The van der Waals surface area contributed by atoms with Crippen LogP contribution in [0.2, 0.25) is 0 Å². The van der Waals surface area contributed by atoms with Gasteiger partial charge in [-0.1, -0.05) is 22.0 Å². The number of benzene rings is 2. The summed E-state index contributed by atoms with van der Waals surface area (Å²) < 4.78 is 11.4. The average Bonchev–Trinajstić information content (AvgIpc) is 2.83. The number of halogens is 1. The molecule has 90 valence electrons. The molecule has 0 atom stereocenters. The van der Waals surface area contributed by atoms with Gasteiger partial charge in [0, 0.05) is 4.47 Å². The molecule has 1 heterocycles. The molecule has 0 saturated carbocycles. The molecule has 0 saturated heterocycles. The van der Waals surface area contributed by atoms with Crippen molar-refractivity contribution < 1.29 is 9.37 Å². The fourth-order valence-corrected chi connectivity index (χ4v) is 1.98. The van der Waals surface area contributed by atoms with Gasteiger partial charge in [-0.05, 0) is 40.6 Å². The van der Waals surface area contributed by atoms with Crippen LogP contribution in [0.1, 0.15) is 0 Å². The Hall–Kier alpha value is -2.08. The summed E-state index contributed by atoms with van der Waals surface area (Å²) in [5, 5.41) is 7.53. The van der Waals surface area contributed by atoms with Crippen LogP contribution in [0.5, 0.6) is 11.5 Å². The third-order valence-corrected chi connectivity index (χ3v) is 2.93. The molecule has 1 aromatic heterocycles. The van der Waals surface area contributed by atoms with Gasteiger partial charge in [-0.3, -0.25) is 0 Å². The summed E-state index contributed by atoms with van der Waals surface area (Å²) in [5.74, 6) is 1.25. The highest BCUT2D eigenvalue weighted by Crippen LogP contribution is 2.31. The molecule has 3 rings (SSSR count). The fraction of sp³-hybridized carbons (Fsp3) is 0. The highest BCUT2D eigenvalue weighted by atomic mass is 79.9. The zero-order valence-electron chi connectivity index (χ0n) is 9.13. The molecule has 2 N–H and O–H groups in total. The third-order valence-electron chi connectivity index (χ3n) is 2.43. The van der Waals surface area contributed by atoms with Crippen molar-refractivity contribution >= 4 is 32.7 Å². The summed E-state index contributed by atoms with van der Waals surface area (Å²) in [6.45, 7) is 0. The maximum absolute atomic E-state index is 5.76. The van der Waals surface area contributed by atoms with E-state index in [1.807, 2.05) is 24.3 Å². The van der Waals surface area contributed by atoms with Gasteiger partial charge in [0.1, 0.15) is 5.75 Å². The molecule has 6 heteroatoms. The topological polar surface area (TPSA) is 74.2 Å². The Bertz CT molecular complexity index is 711. The smallest absolute Gasteiger partial charge is 0.179 e. The molecule has 0 unspecified atom stereocenters. The Kier molecular flexibility index (Phi) is 2.64. The Morgan fingerprint density at radius 2 is 1.94 bits per heavy atom. The number of nitrogens with two attached hydrogens (primary N) is 1. The van der Waals surface area contributed by atoms with Gasteiger partial charge in [-0.25, -0.2) is 4.63 Å². The summed E-state index contributed by atoms with van der Waals surface area (Å²) in [4.78, 5) is 0. The lowest BCUT2D eigenvalue weighted by Crippen LogP contribution is -1.90. The monoisotopic (exact) mass is 305 g/mol. The van der Waals surface area contributed by atoms with Gasteiger partial charge in [0.25, 0.3) is 0 Å². The Labute approximate surface area is 111 Å². The molecular weight excluding hydrogens is 298 g/mol. The highest BCUT2D eigenvalue weighted by molar-refractivity contribution is 9.10. The van der Waals surface area contributed by atoms with Crippen LogP contribution in [-0.4, -0.2) is 10.3 Å². The first-order valence-corrected chi connectivity index (χ1v) is 5.97. The van der Waals surface area contributed by atoms with E-state index in [1.165, 1.54) is 0 Å². The molecule has 0 amide bonds. The van der Waals surface area contributed by atoms with Gasteiger partial charge in [-0.2, -0.15) is 0 Å². The van der Waals surface area contributed by atoms with Crippen LogP contribution in [-0.2, 0) is 0 Å². The first kappa shape index (κ1) is 11.0. The van der Waals surface area contributed by atoms with Crippen molar-refractivity contribution in [1.82, 2.24) is 10.3 Å². The molecule has 18 heavy (non-hydrogen) atoms. The second-order valence-electron chi connectivity index (χ2n) is 3.67. The van der Waals surface area contributed by atoms with E-state index in [0.717, 1.165) is 4.47 Å². The minimum atomic E-state index is 0.502. The number of fused-ring (bicyclic) bond motifs is 1. The third kappa shape index (κ3) is 1.91. The average molecular weight is 306 g/mol. The Morgan fingerprint density at radius 3 is 2.78 bits per heavy atom. The fourth-order valence-electron chi connectivity index (χ4n) is 1.60. The highest BCUT2D eigenvalue weighted by Gasteiger charge is 2.11. The van der Waals surface area contributed by atoms with Crippen molar-refractivity contribution in [2.24, 2.45) is 0 Å². The van der Waals surface area contributed by atoms with Crippen LogP contribution in [0.3, 0.4) is 0 Å². The van der Waals surface area contributed by atoms with Crippen LogP contribution < -0.4 is 10.5 Å². The van der Waals surface area contributed by atoms with E-state index in [9.17, 15) is 0 Å². The van der Waals surface area contributed by atoms with E-state index in [-0.39, 0.29) is 0 Å². The molecule has 0 aliphatic carbocycles. The Balaban J connectivity index is 2.05. The molecule has 5 nitrogen and oxygen atoms in total. The van der Waals surface area contributed by atoms with Crippen molar-refractivity contribution in [3.8, 4) is 11.5 Å². The summed E-state index contributed by atoms with van der Waals surface area (Å²) >= 11 is 3.38. The van der Waals surface area contributed by atoms with Crippen molar-refractivity contribution in [2.75, 3.05) is 5.73 Å². The SMILES string of the molecule is Nc1ccc(Oc2cccc(Br)c2)c2nonc12. The van der Waals surface area contributed by atoms with Gasteiger partial charge in [-0.15, -0.1) is 0 Å². The lowest BCUT2D eigenvalue weighted by molar-refractivity contribution is 0.314. The number of hydrogen-bond donors (Lipinski definition) is 1. The van der Waals surface area contributed by atoms with Crippen LogP contribution in [0.15, 0.2) is 45.5 Å². The van der Waals surface area contributed by atoms with E-state index in [4.69, 9.17) is 10.5 Å². The van der Waals surface area contributed by atoms with Crippen LogP contribution in [0.25, 0.3) is 11.0 Å². The predicted octanol–water partition coefficient (Wildman–Crippen LogP) is 3.36. The van der Waals surface area contributed by atoms with Gasteiger partial charge >= 0.3 is 0 Å². The normalized spacial score (nSPS) is 10.7. The molecule has 3 aromatic rings. The molecule has 0 aliphatic rings. The first-order chi connectivity index (χ1) is 8.74. The lowest BCUT2D eigenvalue weighted by atomic mass is 10.2. The number of aromatic nitrogens is 2. The van der Waals surface area contributed by atoms with Crippen molar-refractivity contribution in [1.29, 1.82) is 0 Å². The zero-order valence-corrected chi connectivity index (χ0v) is 10.7. The zero-order chi connectivity index (χ0) is 12.5. The van der Waals surface area contributed by atoms with Gasteiger partial charge in [0.05, 0.1) is 5.69 Å². The standard InChI is InChI=1S/C12H8BrN3O2/c13-7-2-1-3-8(6-7)17-10-5-4-9(14)11-12(10)16-18-15-11/h1-6H,14H2. The second-order valence-corrected chi connectivity index (χ2v) is 4.59. The molecule has 2 aromatic carbocycles. The first-order valence-electron chi connectivity index (χ1n) is 5.18. The number of anilines is 1. The summed E-state index contributed by atoms with van der Waals surface area (Å²) in [7, 11) is 0. The van der Waals surface area contributed by atoms with Crippen molar-refractivity contribution in [3.05, 3.63) is 40.9 Å². The van der Waals surface area contributed by atoms with E-state index in [2.05, 4.69) is 30.9 Å². The van der Waals surface area contributed by atoms with Gasteiger partial charge in [0.2, 0.25) is 0 Å². The predicted molar refractivity (Wildman–Crippen MR) is 70.4 cm³/mol. The Morgan fingerprint density at radius 1 is 1.11 bits per heavy atom.